The Morgan fingerprint density at radius 1 is 1.54 bits per heavy atom. The van der Waals surface area contributed by atoms with Gasteiger partial charge in [0.15, 0.2) is 5.78 Å². The summed E-state index contributed by atoms with van der Waals surface area (Å²) in [7, 11) is 0. The third kappa shape index (κ3) is 3.58. The Balaban J connectivity index is 2.56. The lowest BCUT2D eigenvalue weighted by atomic mass is 9.77. The number of rotatable bonds is 2. The fraction of sp³-hybridized carbons (Fsp3) is 0.583. The zero-order valence-electron chi connectivity index (χ0n) is 8.71. The van der Waals surface area contributed by atoms with Crippen molar-refractivity contribution < 1.29 is 4.79 Å². The molecule has 1 aliphatic rings. The van der Waals surface area contributed by atoms with E-state index in [2.05, 4.69) is 26.0 Å². The molecule has 1 atom stereocenters. The van der Waals surface area contributed by atoms with Crippen LogP contribution in [0.15, 0.2) is 24.3 Å². The monoisotopic (exact) mass is 178 g/mol. The molecule has 1 rings (SSSR count). The van der Waals surface area contributed by atoms with Gasteiger partial charge in [-0.15, -0.1) is 0 Å². The summed E-state index contributed by atoms with van der Waals surface area (Å²) in [6, 6.07) is 0. The molecule has 0 aromatic heterocycles. The zero-order chi connectivity index (χ0) is 9.90. The van der Waals surface area contributed by atoms with Gasteiger partial charge in [0, 0.05) is 0 Å². The lowest BCUT2D eigenvalue weighted by Crippen LogP contribution is -2.16. The molecular weight excluding hydrogens is 160 g/mol. The molecule has 0 bridgehead atoms. The minimum absolute atomic E-state index is 0.146. The molecule has 0 saturated heterocycles. The van der Waals surface area contributed by atoms with Crippen LogP contribution in [0, 0.1) is 11.3 Å². The van der Waals surface area contributed by atoms with Gasteiger partial charge in [0.2, 0.25) is 0 Å². The van der Waals surface area contributed by atoms with Crippen LogP contribution in [-0.2, 0) is 4.79 Å². The van der Waals surface area contributed by atoms with E-state index < -0.39 is 0 Å². The summed E-state index contributed by atoms with van der Waals surface area (Å²) >= 11 is 0. The van der Waals surface area contributed by atoms with E-state index in [1.807, 2.05) is 6.08 Å². The molecule has 0 aromatic carbocycles. The normalized spacial score (nSPS) is 26.5. The maximum absolute atomic E-state index is 10.7. The second-order valence-electron chi connectivity index (χ2n) is 4.56. The van der Waals surface area contributed by atoms with Gasteiger partial charge < -0.3 is 0 Å². The van der Waals surface area contributed by atoms with Crippen molar-refractivity contribution in [2.45, 2.75) is 33.6 Å². The van der Waals surface area contributed by atoms with Crippen molar-refractivity contribution >= 4 is 5.78 Å². The van der Waals surface area contributed by atoms with Crippen LogP contribution in [0.3, 0.4) is 0 Å². The predicted octanol–water partition coefficient (Wildman–Crippen LogP) is 3.12. The Morgan fingerprint density at radius 2 is 2.23 bits per heavy atom. The smallest absolute Gasteiger partial charge is 0.152 e. The van der Waals surface area contributed by atoms with Gasteiger partial charge in [0.1, 0.15) is 0 Å². The van der Waals surface area contributed by atoms with E-state index in [9.17, 15) is 4.79 Å². The summed E-state index contributed by atoms with van der Waals surface area (Å²) in [6.45, 7) is 6.06. The van der Waals surface area contributed by atoms with Crippen molar-refractivity contribution in [1.29, 1.82) is 0 Å². The van der Waals surface area contributed by atoms with Crippen LogP contribution in [0.5, 0.6) is 0 Å². The Morgan fingerprint density at radius 3 is 2.77 bits per heavy atom. The van der Waals surface area contributed by atoms with Gasteiger partial charge in [0.05, 0.1) is 0 Å². The van der Waals surface area contributed by atoms with Crippen LogP contribution in [0.4, 0.5) is 0 Å². The van der Waals surface area contributed by atoms with Crippen molar-refractivity contribution in [2.24, 2.45) is 11.3 Å². The highest BCUT2D eigenvalue weighted by molar-refractivity contribution is 5.87. The molecule has 0 heterocycles. The number of allylic oxidation sites excluding steroid dienone is 4. The maximum Gasteiger partial charge on any atom is 0.152 e. The second kappa shape index (κ2) is 3.91. The minimum Gasteiger partial charge on any atom is -0.295 e. The lowest BCUT2D eigenvalue weighted by molar-refractivity contribution is -0.112. The Bertz CT molecular complexity index is 246. The molecule has 0 aliphatic heterocycles. The fourth-order valence-corrected chi connectivity index (χ4v) is 1.81. The van der Waals surface area contributed by atoms with E-state index in [1.54, 1.807) is 13.0 Å². The highest BCUT2D eigenvalue weighted by Gasteiger charge is 2.21. The fourth-order valence-electron chi connectivity index (χ4n) is 1.81. The number of ketones is 1. The first kappa shape index (κ1) is 10.2. The molecule has 0 radical (unpaired) electrons. The molecule has 72 valence electrons. The van der Waals surface area contributed by atoms with E-state index in [0.717, 1.165) is 12.8 Å². The molecule has 0 amide bonds. The molecule has 1 heteroatoms. The first-order valence-corrected chi connectivity index (χ1v) is 4.86. The molecule has 0 saturated carbocycles. The topological polar surface area (TPSA) is 17.1 Å². The van der Waals surface area contributed by atoms with Crippen molar-refractivity contribution in [3.05, 3.63) is 24.3 Å². The van der Waals surface area contributed by atoms with Crippen molar-refractivity contribution in [3.8, 4) is 0 Å². The van der Waals surface area contributed by atoms with E-state index >= 15 is 0 Å². The zero-order valence-corrected chi connectivity index (χ0v) is 8.71. The third-order valence-electron chi connectivity index (χ3n) is 2.40. The van der Waals surface area contributed by atoms with Gasteiger partial charge >= 0.3 is 0 Å². The van der Waals surface area contributed by atoms with Crippen LogP contribution >= 0.6 is 0 Å². The molecule has 1 unspecified atom stereocenters. The molecule has 0 aromatic rings. The van der Waals surface area contributed by atoms with Crippen LogP contribution < -0.4 is 0 Å². The summed E-state index contributed by atoms with van der Waals surface area (Å²) in [6.07, 6.45) is 10.5. The summed E-state index contributed by atoms with van der Waals surface area (Å²) in [4.78, 5) is 10.7. The molecular formula is C12H18O. The van der Waals surface area contributed by atoms with E-state index in [4.69, 9.17) is 0 Å². The number of hydrogen-bond acceptors (Lipinski definition) is 1. The first-order valence-electron chi connectivity index (χ1n) is 4.86. The van der Waals surface area contributed by atoms with Gasteiger partial charge in [-0.3, -0.25) is 4.79 Å². The van der Waals surface area contributed by atoms with Crippen LogP contribution in [0.1, 0.15) is 33.6 Å². The predicted molar refractivity (Wildman–Crippen MR) is 55.5 cm³/mol. The molecule has 1 aliphatic carbocycles. The average molecular weight is 178 g/mol. The van der Waals surface area contributed by atoms with E-state index in [-0.39, 0.29) is 5.78 Å². The number of hydrogen-bond donors (Lipinski definition) is 0. The number of carbonyl (C=O) groups excluding carboxylic acids is 1. The Labute approximate surface area is 80.5 Å². The SMILES string of the molecule is CC(=O)/C=C/C1CC=CC(C)(C)C1. The molecule has 13 heavy (non-hydrogen) atoms. The van der Waals surface area contributed by atoms with Gasteiger partial charge in [-0.1, -0.05) is 32.1 Å². The summed E-state index contributed by atoms with van der Waals surface area (Å²) in [5.41, 5.74) is 0.296. The highest BCUT2D eigenvalue weighted by Crippen LogP contribution is 2.33. The van der Waals surface area contributed by atoms with Crippen molar-refractivity contribution in [2.75, 3.05) is 0 Å². The Hall–Kier alpha value is -0.850. The molecule has 0 N–H and O–H groups in total. The van der Waals surface area contributed by atoms with Gasteiger partial charge in [-0.05, 0) is 37.2 Å². The van der Waals surface area contributed by atoms with Crippen molar-refractivity contribution in [3.63, 3.8) is 0 Å². The first-order chi connectivity index (χ1) is 5.99. The van der Waals surface area contributed by atoms with Gasteiger partial charge in [-0.25, -0.2) is 0 Å². The highest BCUT2D eigenvalue weighted by atomic mass is 16.1. The lowest BCUT2D eigenvalue weighted by Gasteiger charge is -2.28. The van der Waals surface area contributed by atoms with Crippen LogP contribution in [0.25, 0.3) is 0 Å². The van der Waals surface area contributed by atoms with Gasteiger partial charge in [0.25, 0.3) is 0 Å². The van der Waals surface area contributed by atoms with E-state index in [0.29, 0.717) is 11.3 Å². The number of carbonyl (C=O) groups is 1. The van der Waals surface area contributed by atoms with E-state index in [1.165, 1.54) is 0 Å². The molecule has 0 fully saturated rings. The summed E-state index contributed by atoms with van der Waals surface area (Å²) < 4.78 is 0. The Kier molecular flexibility index (Phi) is 3.07. The third-order valence-corrected chi connectivity index (χ3v) is 2.40. The van der Waals surface area contributed by atoms with Crippen molar-refractivity contribution in [1.82, 2.24) is 0 Å². The maximum atomic E-state index is 10.7. The minimum atomic E-state index is 0.146. The van der Waals surface area contributed by atoms with Gasteiger partial charge in [-0.2, -0.15) is 0 Å². The van der Waals surface area contributed by atoms with Crippen LogP contribution in [0.2, 0.25) is 0 Å². The standard InChI is InChI=1S/C12H18O/c1-10(13)6-7-11-5-4-8-12(2,3)9-11/h4,6-8,11H,5,9H2,1-3H3/b7-6+. The molecule has 1 nitrogen and oxygen atoms in total. The second-order valence-corrected chi connectivity index (χ2v) is 4.56. The summed E-state index contributed by atoms with van der Waals surface area (Å²) in [5.74, 6) is 0.691. The average Bonchev–Trinajstić information content (AvgIpc) is 1.99. The molecule has 0 spiro atoms. The van der Waals surface area contributed by atoms with Crippen LogP contribution in [-0.4, -0.2) is 5.78 Å². The summed E-state index contributed by atoms with van der Waals surface area (Å²) in [5, 5.41) is 0. The quantitative estimate of drug-likeness (QED) is 0.469. The largest absolute Gasteiger partial charge is 0.295 e.